The number of carbonyl (C=O) groups excluding carboxylic acids is 1. The Morgan fingerprint density at radius 2 is 2.04 bits per heavy atom. The number of rotatable bonds is 7. The first-order valence-corrected chi connectivity index (χ1v) is 10.6. The topological polar surface area (TPSA) is 57.1 Å². The molecule has 2 heterocycles. The molecule has 0 aliphatic heterocycles. The van der Waals surface area contributed by atoms with Crippen molar-refractivity contribution >= 4 is 45.9 Å². The second-order valence-electron chi connectivity index (χ2n) is 6.16. The van der Waals surface area contributed by atoms with E-state index in [1.807, 2.05) is 29.6 Å². The average molecular weight is 428 g/mol. The summed E-state index contributed by atoms with van der Waals surface area (Å²) >= 11 is 8.75. The molecule has 0 amide bonds. The van der Waals surface area contributed by atoms with Gasteiger partial charge in [0.1, 0.15) is 10.8 Å². The molecule has 4 nitrogen and oxygen atoms in total. The Hall–Kier alpha value is -2.46. The molecule has 3 aromatic rings. The number of halogens is 1. The van der Waals surface area contributed by atoms with Crippen LogP contribution in [-0.2, 0) is 6.42 Å². The van der Waals surface area contributed by atoms with E-state index in [0.29, 0.717) is 34.4 Å². The number of ketones is 1. The van der Waals surface area contributed by atoms with E-state index in [4.69, 9.17) is 23.4 Å². The van der Waals surface area contributed by atoms with Crippen molar-refractivity contribution in [2.75, 3.05) is 13.6 Å². The zero-order chi connectivity index (χ0) is 20.1. The van der Waals surface area contributed by atoms with Crippen LogP contribution in [0.2, 0.25) is 4.34 Å². The molecule has 0 radical (unpaired) electrons. The van der Waals surface area contributed by atoms with Gasteiger partial charge in [0.15, 0.2) is 5.78 Å². The Morgan fingerprint density at radius 3 is 2.68 bits per heavy atom. The van der Waals surface area contributed by atoms with Crippen LogP contribution in [0.4, 0.5) is 0 Å². The fourth-order valence-electron chi connectivity index (χ4n) is 2.59. The SMILES string of the molecule is C#CCN(C)C(=N)c1ccc(-c2nc(CCC(=O)c3ccc(Cl)s3)cs2)cc1. The van der Waals surface area contributed by atoms with Crippen LogP contribution < -0.4 is 0 Å². The highest BCUT2D eigenvalue weighted by Crippen LogP contribution is 2.26. The zero-order valence-corrected chi connectivity index (χ0v) is 17.6. The number of Topliss-reactive ketones (excluding diaryl/α,β-unsaturated/α-hetero) is 1. The third-order valence-electron chi connectivity index (χ3n) is 4.12. The third kappa shape index (κ3) is 4.87. The van der Waals surface area contributed by atoms with Crippen molar-refractivity contribution in [1.82, 2.24) is 9.88 Å². The Labute approximate surface area is 177 Å². The first-order chi connectivity index (χ1) is 13.5. The molecule has 0 aliphatic rings. The van der Waals surface area contributed by atoms with E-state index in [1.54, 1.807) is 35.4 Å². The molecule has 3 rings (SSSR count). The summed E-state index contributed by atoms with van der Waals surface area (Å²) in [5, 5.41) is 11.1. The minimum absolute atomic E-state index is 0.0883. The van der Waals surface area contributed by atoms with Gasteiger partial charge in [-0.3, -0.25) is 10.2 Å². The van der Waals surface area contributed by atoms with Crippen molar-refractivity contribution in [3.05, 3.63) is 62.2 Å². The number of carbonyl (C=O) groups is 1. The number of nitrogens with one attached hydrogen (secondary N) is 1. The molecule has 0 atom stereocenters. The molecule has 7 heteroatoms. The molecule has 0 bridgehead atoms. The average Bonchev–Trinajstić information content (AvgIpc) is 3.35. The number of aryl methyl sites for hydroxylation is 1. The number of benzene rings is 1. The Balaban J connectivity index is 1.63. The quantitative estimate of drug-likeness (QED) is 0.243. The fraction of sp³-hybridized carbons (Fsp3) is 0.190. The van der Waals surface area contributed by atoms with E-state index in [2.05, 4.69) is 10.9 Å². The number of thiazole rings is 1. The summed E-state index contributed by atoms with van der Waals surface area (Å²) in [7, 11) is 1.80. The number of amidine groups is 1. The molecule has 0 unspecified atom stereocenters. The minimum Gasteiger partial charge on any atom is -0.349 e. The van der Waals surface area contributed by atoms with Gasteiger partial charge < -0.3 is 4.90 Å². The van der Waals surface area contributed by atoms with Gasteiger partial charge in [-0.25, -0.2) is 4.98 Å². The minimum atomic E-state index is 0.0883. The summed E-state index contributed by atoms with van der Waals surface area (Å²) < 4.78 is 0.626. The van der Waals surface area contributed by atoms with Gasteiger partial charge in [0.05, 0.1) is 21.5 Å². The summed E-state index contributed by atoms with van der Waals surface area (Å²) in [6.07, 6.45) is 6.32. The molecule has 28 heavy (non-hydrogen) atoms. The first kappa shape index (κ1) is 20.3. The van der Waals surface area contributed by atoms with Crippen LogP contribution in [0.25, 0.3) is 10.6 Å². The Bertz CT molecular complexity index is 1030. The van der Waals surface area contributed by atoms with Gasteiger partial charge in [0.2, 0.25) is 0 Å². The number of thiophene rings is 1. The highest BCUT2D eigenvalue weighted by molar-refractivity contribution is 7.18. The van der Waals surface area contributed by atoms with Crippen molar-refractivity contribution in [2.24, 2.45) is 0 Å². The summed E-state index contributed by atoms with van der Waals surface area (Å²) in [5.74, 6) is 3.01. The monoisotopic (exact) mass is 427 g/mol. The predicted octanol–water partition coefficient (Wildman–Crippen LogP) is 5.23. The highest BCUT2D eigenvalue weighted by Gasteiger charge is 2.12. The molecule has 0 fully saturated rings. The Kier molecular flexibility index (Phi) is 6.63. The van der Waals surface area contributed by atoms with Crippen molar-refractivity contribution in [3.8, 4) is 22.9 Å². The molecule has 142 valence electrons. The largest absolute Gasteiger partial charge is 0.349 e. The second-order valence-corrected chi connectivity index (χ2v) is 8.73. The summed E-state index contributed by atoms with van der Waals surface area (Å²) in [6.45, 7) is 0.396. The van der Waals surface area contributed by atoms with Crippen LogP contribution in [0.3, 0.4) is 0 Å². The van der Waals surface area contributed by atoms with E-state index in [-0.39, 0.29) is 5.78 Å². The summed E-state index contributed by atoms with van der Waals surface area (Å²) in [6, 6.07) is 11.2. The zero-order valence-electron chi connectivity index (χ0n) is 15.2. The fourth-order valence-corrected chi connectivity index (χ4v) is 4.46. The van der Waals surface area contributed by atoms with Gasteiger partial charge in [-0.2, -0.15) is 0 Å². The number of aromatic nitrogens is 1. The summed E-state index contributed by atoms with van der Waals surface area (Å²) in [5.41, 5.74) is 2.70. The lowest BCUT2D eigenvalue weighted by atomic mass is 10.1. The van der Waals surface area contributed by atoms with E-state index < -0.39 is 0 Å². The van der Waals surface area contributed by atoms with Gasteiger partial charge in [-0.05, 0) is 18.6 Å². The Morgan fingerprint density at radius 1 is 1.29 bits per heavy atom. The maximum atomic E-state index is 12.2. The predicted molar refractivity (Wildman–Crippen MR) is 118 cm³/mol. The highest BCUT2D eigenvalue weighted by atomic mass is 35.5. The first-order valence-electron chi connectivity index (χ1n) is 8.55. The van der Waals surface area contributed by atoms with Crippen LogP contribution >= 0.6 is 34.3 Å². The van der Waals surface area contributed by atoms with Crippen molar-refractivity contribution < 1.29 is 4.79 Å². The van der Waals surface area contributed by atoms with Gasteiger partial charge in [0, 0.05) is 30.0 Å². The maximum absolute atomic E-state index is 12.2. The second kappa shape index (κ2) is 9.16. The molecule has 1 N–H and O–H groups in total. The van der Waals surface area contributed by atoms with E-state index in [9.17, 15) is 4.79 Å². The van der Waals surface area contributed by atoms with Crippen LogP contribution in [0, 0.1) is 17.8 Å². The number of hydrogen-bond donors (Lipinski definition) is 1. The van der Waals surface area contributed by atoms with Crippen LogP contribution in [0.15, 0.2) is 41.8 Å². The number of hydrogen-bond acceptors (Lipinski definition) is 5. The van der Waals surface area contributed by atoms with Gasteiger partial charge in [-0.15, -0.1) is 29.1 Å². The molecule has 0 saturated carbocycles. The molecule has 0 saturated heterocycles. The third-order valence-corrected chi connectivity index (χ3v) is 6.34. The van der Waals surface area contributed by atoms with Crippen LogP contribution in [0.5, 0.6) is 0 Å². The van der Waals surface area contributed by atoms with Gasteiger partial charge in [0.25, 0.3) is 0 Å². The lowest BCUT2D eigenvalue weighted by Crippen LogP contribution is -2.26. The van der Waals surface area contributed by atoms with Crippen molar-refractivity contribution in [1.29, 1.82) is 5.41 Å². The van der Waals surface area contributed by atoms with E-state index >= 15 is 0 Å². The lowest BCUT2D eigenvalue weighted by Gasteiger charge is -2.17. The van der Waals surface area contributed by atoms with Crippen molar-refractivity contribution in [3.63, 3.8) is 0 Å². The van der Waals surface area contributed by atoms with Crippen LogP contribution in [-0.4, -0.2) is 35.1 Å². The molecular weight excluding hydrogens is 410 g/mol. The molecule has 0 spiro atoms. The smallest absolute Gasteiger partial charge is 0.173 e. The van der Waals surface area contributed by atoms with Crippen LogP contribution in [0.1, 0.15) is 27.3 Å². The van der Waals surface area contributed by atoms with Crippen molar-refractivity contribution in [2.45, 2.75) is 12.8 Å². The molecule has 0 aliphatic carbocycles. The summed E-state index contributed by atoms with van der Waals surface area (Å²) in [4.78, 5) is 19.3. The number of terminal acetylenes is 1. The lowest BCUT2D eigenvalue weighted by molar-refractivity contribution is 0.0986. The van der Waals surface area contributed by atoms with Gasteiger partial charge in [-0.1, -0.05) is 41.8 Å². The normalized spacial score (nSPS) is 10.5. The molecule has 1 aromatic carbocycles. The molecular formula is C21H18ClN3OS2. The van der Waals surface area contributed by atoms with E-state index in [1.165, 1.54) is 11.3 Å². The standard InChI is InChI=1S/C21H18ClN3OS2/c1-3-12-25(2)20(23)14-4-6-15(7-5-14)21-24-16(13-27-21)8-9-17(26)18-10-11-19(22)28-18/h1,4-7,10-11,13,23H,8-9,12H2,2H3. The molecule has 2 aromatic heterocycles. The van der Waals surface area contributed by atoms with E-state index in [0.717, 1.165) is 21.8 Å². The maximum Gasteiger partial charge on any atom is 0.173 e. The number of nitrogens with zero attached hydrogens (tertiary/aromatic N) is 2. The van der Waals surface area contributed by atoms with Gasteiger partial charge >= 0.3 is 0 Å².